The Kier molecular flexibility index (Phi) is 5.11. The summed E-state index contributed by atoms with van der Waals surface area (Å²) in [7, 11) is 0. The Morgan fingerprint density at radius 1 is 0.875 bits per heavy atom. The number of carbonyl (C=O) groups is 2. The van der Waals surface area contributed by atoms with Crippen molar-refractivity contribution >= 4 is 34.4 Å². The predicted octanol–water partition coefficient (Wildman–Crippen LogP) is 5.08. The summed E-state index contributed by atoms with van der Waals surface area (Å²) >= 11 is 6.41. The third kappa shape index (κ3) is 3.51. The van der Waals surface area contributed by atoms with Crippen LogP contribution in [0.2, 0.25) is 5.15 Å². The molecule has 158 valence electrons. The maximum atomic E-state index is 13.8. The van der Waals surface area contributed by atoms with Gasteiger partial charge in [0.2, 0.25) is 0 Å². The summed E-state index contributed by atoms with van der Waals surface area (Å²) < 4.78 is 0. The van der Waals surface area contributed by atoms with Gasteiger partial charge >= 0.3 is 6.03 Å². The SMILES string of the molecule is O=C1N[C@](Cc2ccccc2)(c2ccccc2)C(=O)N1Cc1cc2ccccc2nc1Cl. The number of imide groups is 1. The molecule has 0 bridgehead atoms. The van der Waals surface area contributed by atoms with Crippen LogP contribution in [0.1, 0.15) is 16.7 Å². The van der Waals surface area contributed by atoms with Crippen LogP contribution in [0.15, 0.2) is 91.0 Å². The summed E-state index contributed by atoms with van der Waals surface area (Å²) in [6.07, 6.45) is 0.350. The first-order valence-electron chi connectivity index (χ1n) is 10.3. The summed E-state index contributed by atoms with van der Waals surface area (Å²) in [6, 6.07) is 28.1. The largest absolute Gasteiger partial charge is 0.325 e. The molecule has 0 saturated carbocycles. The molecule has 4 aromatic rings. The number of halogens is 1. The van der Waals surface area contributed by atoms with Crippen molar-refractivity contribution in [3.8, 4) is 0 Å². The zero-order valence-electron chi connectivity index (χ0n) is 17.2. The fraction of sp³-hybridized carbons (Fsp3) is 0.115. The van der Waals surface area contributed by atoms with Crippen LogP contribution in [0.3, 0.4) is 0 Å². The summed E-state index contributed by atoms with van der Waals surface area (Å²) in [6.45, 7) is 0.0463. The van der Waals surface area contributed by atoms with Gasteiger partial charge in [0.05, 0.1) is 12.1 Å². The van der Waals surface area contributed by atoms with Crippen molar-refractivity contribution in [3.05, 3.63) is 113 Å². The first-order chi connectivity index (χ1) is 15.6. The lowest BCUT2D eigenvalue weighted by Crippen LogP contribution is -2.46. The molecule has 1 aliphatic rings. The number of amides is 3. The van der Waals surface area contributed by atoms with E-state index in [1.54, 1.807) is 0 Å². The molecule has 0 unspecified atom stereocenters. The van der Waals surface area contributed by atoms with Gasteiger partial charge in [-0.05, 0) is 23.3 Å². The first kappa shape index (κ1) is 20.2. The van der Waals surface area contributed by atoms with Crippen LogP contribution < -0.4 is 5.32 Å². The van der Waals surface area contributed by atoms with E-state index in [-0.39, 0.29) is 17.6 Å². The van der Waals surface area contributed by atoms with E-state index in [2.05, 4.69) is 10.3 Å². The molecule has 3 aromatic carbocycles. The Morgan fingerprint density at radius 3 is 2.28 bits per heavy atom. The van der Waals surface area contributed by atoms with Crippen molar-refractivity contribution in [1.82, 2.24) is 15.2 Å². The van der Waals surface area contributed by atoms with Crippen LogP contribution >= 0.6 is 11.6 Å². The number of hydrogen-bond acceptors (Lipinski definition) is 3. The van der Waals surface area contributed by atoms with Crippen LogP contribution in [0.25, 0.3) is 10.9 Å². The lowest BCUT2D eigenvalue weighted by Gasteiger charge is -2.27. The summed E-state index contributed by atoms with van der Waals surface area (Å²) in [5.74, 6) is -0.304. The van der Waals surface area contributed by atoms with Gasteiger partial charge < -0.3 is 5.32 Å². The van der Waals surface area contributed by atoms with Gasteiger partial charge in [0.15, 0.2) is 5.54 Å². The lowest BCUT2D eigenvalue weighted by molar-refractivity contribution is -0.132. The van der Waals surface area contributed by atoms with Crippen LogP contribution in [0, 0.1) is 0 Å². The molecule has 0 radical (unpaired) electrons. The number of benzene rings is 3. The van der Waals surface area contributed by atoms with Gasteiger partial charge in [-0.2, -0.15) is 0 Å². The molecule has 6 heteroatoms. The molecule has 0 spiro atoms. The van der Waals surface area contributed by atoms with E-state index < -0.39 is 11.6 Å². The first-order valence-corrected chi connectivity index (χ1v) is 10.7. The minimum absolute atomic E-state index is 0.0463. The quantitative estimate of drug-likeness (QED) is 0.347. The van der Waals surface area contributed by atoms with Crippen molar-refractivity contribution in [2.24, 2.45) is 0 Å². The van der Waals surface area contributed by atoms with Gasteiger partial charge in [0.25, 0.3) is 5.91 Å². The van der Waals surface area contributed by atoms with Gasteiger partial charge in [0.1, 0.15) is 5.15 Å². The van der Waals surface area contributed by atoms with Crippen molar-refractivity contribution in [2.45, 2.75) is 18.5 Å². The molecule has 2 heterocycles. The van der Waals surface area contributed by atoms with Gasteiger partial charge in [0, 0.05) is 17.4 Å². The molecule has 5 rings (SSSR count). The number of aromatic nitrogens is 1. The third-order valence-electron chi connectivity index (χ3n) is 5.83. The standard InChI is InChI=1S/C26H20ClN3O2/c27-23-20(15-19-11-7-8-14-22(19)28-23)17-30-24(31)26(29-25(30)32,21-12-5-2-6-13-21)16-18-9-3-1-4-10-18/h1-15H,16-17H2,(H,29,32)/t26-/m1/s1. The van der Waals surface area contributed by atoms with Crippen LogP contribution in [0.5, 0.6) is 0 Å². The zero-order valence-corrected chi connectivity index (χ0v) is 17.9. The smallest absolute Gasteiger partial charge is 0.319 e. The topological polar surface area (TPSA) is 62.3 Å². The summed E-state index contributed by atoms with van der Waals surface area (Å²) in [5.41, 5.74) is 1.90. The number of para-hydroxylation sites is 1. The number of fused-ring (bicyclic) bond motifs is 1. The van der Waals surface area contributed by atoms with E-state index in [4.69, 9.17) is 11.6 Å². The maximum absolute atomic E-state index is 13.8. The highest BCUT2D eigenvalue weighted by atomic mass is 35.5. The molecule has 1 fully saturated rings. The third-order valence-corrected chi connectivity index (χ3v) is 6.16. The minimum Gasteiger partial charge on any atom is -0.319 e. The highest BCUT2D eigenvalue weighted by molar-refractivity contribution is 6.30. The molecule has 32 heavy (non-hydrogen) atoms. The Bertz CT molecular complexity index is 1310. The van der Waals surface area contributed by atoms with Crippen LogP contribution in [0.4, 0.5) is 4.79 Å². The zero-order chi connectivity index (χ0) is 22.1. The Balaban J connectivity index is 1.54. The van der Waals surface area contributed by atoms with Crippen LogP contribution in [-0.2, 0) is 23.3 Å². The van der Waals surface area contributed by atoms with E-state index in [0.717, 1.165) is 22.0 Å². The van der Waals surface area contributed by atoms with E-state index >= 15 is 0 Å². The van der Waals surface area contributed by atoms with Gasteiger partial charge in [-0.3, -0.25) is 9.69 Å². The Labute approximate surface area is 190 Å². The molecule has 5 nitrogen and oxygen atoms in total. The fourth-order valence-electron chi connectivity index (χ4n) is 4.23. The Hall–Kier alpha value is -3.70. The normalized spacial score (nSPS) is 18.2. The number of urea groups is 1. The highest BCUT2D eigenvalue weighted by Gasteiger charge is 2.52. The average Bonchev–Trinajstić information content (AvgIpc) is 3.05. The second-order valence-electron chi connectivity index (χ2n) is 7.89. The number of carbonyl (C=O) groups excluding carboxylic acids is 2. The van der Waals surface area contributed by atoms with Crippen molar-refractivity contribution in [2.75, 3.05) is 0 Å². The molecule has 1 saturated heterocycles. The molecule has 0 aliphatic carbocycles. The Morgan fingerprint density at radius 2 is 1.53 bits per heavy atom. The predicted molar refractivity (Wildman–Crippen MR) is 124 cm³/mol. The van der Waals surface area contributed by atoms with E-state index in [0.29, 0.717) is 12.0 Å². The van der Waals surface area contributed by atoms with Gasteiger partial charge in [-0.1, -0.05) is 90.5 Å². The molecule has 1 atom stereocenters. The minimum atomic E-state index is -1.18. The van der Waals surface area contributed by atoms with Crippen molar-refractivity contribution in [3.63, 3.8) is 0 Å². The molecular formula is C26H20ClN3O2. The monoisotopic (exact) mass is 441 g/mol. The average molecular weight is 442 g/mol. The van der Waals surface area contributed by atoms with Crippen molar-refractivity contribution in [1.29, 1.82) is 0 Å². The molecule has 1 aromatic heterocycles. The van der Waals surface area contributed by atoms with Crippen molar-refractivity contribution < 1.29 is 9.59 Å². The fourth-order valence-corrected chi connectivity index (χ4v) is 4.43. The maximum Gasteiger partial charge on any atom is 0.325 e. The second kappa shape index (κ2) is 8.09. The number of nitrogens with zero attached hydrogens (tertiary/aromatic N) is 2. The number of rotatable bonds is 5. The number of nitrogens with one attached hydrogen (secondary N) is 1. The van der Waals surface area contributed by atoms with Gasteiger partial charge in [-0.15, -0.1) is 0 Å². The second-order valence-corrected chi connectivity index (χ2v) is 8.24. The highest BCUT2D eigenvalue weighted by Crippen LogP contribution is 2.34. The van der Waals surface area contributed by atoms with Gasteiger partial charge in [-0.25, -0.2) is 9.78 Å². The lowest BCUT2D eigenvalue weighted by atomic mass is 9.83. The summed E-state index contributed by atoms with van der Waals surface area (Å²) in [5, 5.41) is 4.17. The van der Waals surface area contributed by atoms with E-state index in [1.807, 2.05) is 91.0 Å². The number of hydrogen-bond donors (Lipinski definition) is 1. The molecular weight excluding hydrogens is 422 g/mol. The van der Waals surface area contributed by atoms with E-state index in [1.165, 1.54) is 4.90 Å². The molecule has 1 aliphatic heterocycles. The van der Waals surface area contributed by atoms with Crippen LogP contribution in [-0.4, -0.2) is 21.8 Å². The molecule has 1 N–H and O–H groups in total. The van der Waals surface area contributed by atoms with E-state index in [9.17, 15) is 9.59 Å². The summed E-state index contributed by atoms with van der Waals surface area (Å²) in [4.78, 5) is 32.5. The molecule has 3 amide bonds. The number of pyridine rings is 1.